The van der Waals surface area contributed by atoms with Gasteiger partial charge in [-0.3, -0.25) is 0 Å². The van der Waals surface area contributed by atoms with Crippen LogP contribution in [0.3, 0.4) is 0 Å². The number of hydrogen-bond donors (Lipinski definition) is 0. The third-order valence-electron chi connectivity index (χ3n) is 2.18. The first-order valence-corrected chi connectivity index (χ1v) is 3.88. The maximum atomic E-state index is 10.3. The molecule has 1 rings (SSSR count). The number of carbonyl (C=O) groups excluding carboxylic acids is 1. The third kappa shape index (κ3) is 1.66. The van der Waals surface area contributed by atoms with Crippen molar-refractivity contribution in [3.8, 4) is 0 Å². The molecule has 0 heterocycles. The van der Waals surface area contributed by atoms with E-state index in [0.717, 1.165) is 19.3 Å². The fourth-order valence-corrected chi connectivity index (χ4v) is 1.50. The summed E-state index contributed by atoms with van der Waals surface area (Å²) in [4.78, 5) is 10.3. The molecule has 0 spiro atoms. The van der Waals surface area contributed by atoms with Gasteiger partial charge in [0.05, 0.1) is 0 Å². The molecule has 2 heteroatoms. The Hall–Kier alpha value is -0.660. The van der Waals surface area contributed by atoms with E-state index in [4.69, 9.17) is 0 Å². The lowest BCUT2D eigenvalue weighted by Gasteiger charge is -2.15. The largest absolute Gasteiger partial charge is 0.374 e. The van der Waals surface area contributed by atoms with Crippen LogP contribution in [0, 0.1) is 0 Å². The number of rotatable bonds is 2. The molecular formula is C8H14NO+. The predicted molar refractivity (Wildman–Crippen MR) is 40.3 cm³/mol. The van der Waals surface area contributed by atoms with Crippen LogP contribution in [0.5, 0.6) is 0 Å². The van der Waals surface area contributed by atoms with Crippen molar-refractivity contribution in [3.63, 3.8) is 0 Å². The molecule has 0 aromatic rings. The molecule has 0 aromatic carbocycles. The molecule has 0 atom stereocenters. The quantitative estimate of drug-likeness (QED) is 0.320. The molecule has 1 aliphatic rings. The molecule has 0 saturated heterocycles. The Morgan fingerprint density at radius 2 is 1.90 bits per heavy atom. The van der Waals surface area contributed by atoms with Gasteiger partial charge < -0.3 is 0 Å². The summed E-state index contributed by atoms with van der Waals surface area (Å²) in [6.45, 7) is 3.65. The van der Waals surface area contributed by atoms with Crippen molar-refractivity contribution < 1.29 is 9.37 Å². The Balaban J connectivity index is 2.38. The molecule has 1 fully saturated rings. The Morgan fingerprint density at radius 1 is 1.30 bits per heavy atom. The lowest BCUT2D eigenvalue weighted by molar-refractivity contribution is -0.470. The Kier molecular flexibility index (Phi) is 2.60. The van der Waals surface area contributed by atoms with Crippen molar-refractivity contribution >= 4 is 13.1 Å². The summed E-state index contributed by atoms with van der Waals surface area (Å²) in [5.74, 6) is 0. The fourth-order valence-electron chi connectivity index (χ4n) is 1.50. The first-order valence-electron chi connectivity index (χ1n) is 3.88. The molecule has 0 aromatic heterocycles. The maximum absolute atomic E-state index is 10.3. The highest BCUT2D eigenvalue weighted by atomic mass is 16.1. The van der Waals surface area contributed by atoms with Gasteiger partial charge in [-0.25, -0.2) is 4.79 Å². The van der Waals surface area contributed by atoms with Crippen LogP contribution < -0.4 is 0 Å². The standard InChI is InChI=1S/C8H14NO/c1-9(7-10)8-5-3-2-4-6-8/h7-8H,1-6H2/q+1. The average molecular weight is 140 g/mol. The van der Waals surface area contributed by atoms with Crippen molar-refractivity contribution in [1.82, 2.24) is 0 Å². The highest BCUT2D eigenvalue weighted by Crippen LogP contribution is 2.18. The van der Waals surface area contributed by atoms with Crippen LogP contribution in [0.2, 0.25) is 0 Å². The molecule has 1 amide bonds. The van der Waals surface area contributed by atoms with Crippen molar-refractivity contribution in [2.24, 2.45) is 0 Å². The first-order chi connectivity index (χ1) is 4.84. The van der Waals surface area contributed by atoms with Crippen molar-refractivity contribution in [2.45, 2.75) is 38.1 Å². The van der Waals surface area contributed by atoms with Gasteiger partial charge in [0, 0.05) is 12.8 Å². The second kappa shape index (κ2) is 3.49. The van der Waals surface area contributed by atoms with E-state index in [0.29, 0.717) is 6.04 Å². The Bertz CT molecular complexity index is 136. The lowest BCUT2D eigenvalue weighted by Crippen LogP contribution is -2.26. The number of hydrogen-bond acceptors (Lipinski definition) is 1. The molecule has 1 aliphatic carbocycles. The van der Waals surface area contributed by atoms with Crippen LogP contribution >= 0.6 is 0 Å². The SMILES string of the molecule is C=[N+](C=O)C1CCCCC1. The van der Waals surface area contributed by atoms with Gasteiger partial charge in [0.1, 0.15) is 6.72 Å². The molecule has 56 valence electrons. The minimum absolute atomic E-state index is 0.422. The van der Waals surface area contributed by atoms with E-state index in [1.54, 1.807) is 4.58 Å². The summed E-state index contributed by atoms with van der Waals surface area (Å²) < 4.78 is 1.55. The van der Waals surface area contributed by atoms with Crippen molar-refractivity contribution in [2.75, 3.05) is 0 Å². The van der Waals surface area contributed by atoms with Gasteiger partial charge in [-0.2, -0.15) is 4.58 Å². The number of carbonyl (C=O) groups is 1. The average Bonchev–Trinajstić information content (AvgIpc) is 2.05. The Labute approximate surface area is 61.6 Å². The van der Waals surface area contributed by atoms with Crippen molar-refractivity contribution in [1.29, 1.82) is 0 Å². The van der Waals surface area contributed by atoms with E-state index in [-0.39, 0.29) is 0 Å². The zero-order valence-corrected chi connectivity index (χ0v) is 6.25. The summed E-state index contributed by atoms with van der Waals surface area (Å²) >= 11 is 0. The summed E-state index contributed by atoms with van der Waals surface area (Å²) in [5.41, 5.74) is 0. The van der Waals surface area contributed by atoms with Crippen LogP contribution in [0.25, 0.3) is 0 Å². The number of amides is 1. The Morgan fingerprint density at radius 3 is 2.40 bits per heavy atom. The summed E-state index contributed by atoms with van der Waals surface area (Å²) in [6, 6.07) is 0.422. The minimum Gasteiger partial charge on any atom is -0.223 e. The van der Waals surface area contributed by atoms with Gasteiger partial charge in [-0.1, -0.05) is 6.42 Å². The predicted octanol–water partition coefficient (Wildman–Crippen LogP) is 1.19. The molecule has 10 heavy (non-hydrogen) atoms. The number of nitrogens with zero attached hydrogens (tertiary/aromatic N) is 1. The van der Waals surface area contributed by atoms with Crippen LogP contribution in [-0.2, 0) is 4.79 Å². The smallest absolute Gasteiger partial charge is 0.223 e. The molecule has 0 radical (unpaired) electrons. The van der Waals surface area contributed by atoms with Gasteiger partial charge in [0.25, 0.3) is 0 Å². The van der Waals surface area contributed by atoms with Gasteiger partial charge in [-0.05, 0) is 12.8 Å². The molecule has 0 bridgehead atoms. The normalized spacial score (nSPS) is 20.4. The van der Waals surface area contributed by atoms with Gasteiger partial charge in [0.2, 0.25) is 0 Å². The second-order valence-corrected chi connectivity index (χ2v) is 2.91. The highest BCUT2D eigenvalue weighted by Gasteiger charge is 2.20. The molecular weight excluding hydrogens is 126 g/mol. The molecule has 1 saturated carbocycles. The van der Waals surface area contributed by atoms with Gasteiger partial charge >= 0.3 is 6.41 Å². The summed E-state index contributed by atoms with van der Waals surface area (Å²) in [6.07, 6.45) is 6.94. The molecule has 0 N–H and O–H groups in total. The fraction of sp³-hybridized carbons (Fsp3) is 0.750. The highest BCUT2D eigenvalue weighted by molar-refractivity contribution is 5.40. The zero-order chi connectivity index (χ0) is 7.40. The van der Waals surface area contributed by atoms with E-state index >= 15 is 0 Å². The lowest BCUT2D eigenvalue weighted by atomic mass is 9.95. The zero-order valence-electron chi connectivity index (χ0n) is 6.25. The second-order valence-electron chi connectivity index (χ2n) is 2.91. The van der Waals surface area contributed by atoms with Crippen LogP contribution in [0.1, 0.15) is 32.1 Å². The van der Waals surface area contributed by atoms with E-state index in [1.807, 2.05) is 0 Å². The molecule has 2 nitrogen and oxygen atoms in total. The monoisotopic (exact) mass is 140 g/mol. The van der Waals surface area contributed by atoms with Crippen LogP contribution in [-0.4, -0.2) is 23.7 Å². The van der Waals surface area contributed by atoms with Crippen LogP contribution in [0.15, 0.2) is 0 Å². The van der Waals surface area contributed by atoms with Crippen molar-refractivity contribution in [3.05, 3.63) is 0 Å². The van der Waals surface area contributed by atoms with E-state index < -0.39 is 0 Å². The van der Waals surface area contributed by atoms with E-state index in [9.17, 15) is 4.79 Å². The molecule has 0 aliphatic heterocycles. The molecule has 0 unspecified atom stereocenters. The van der Waals surface area contributed by atoms with Gasteiger partial charge in [0.15, 0.2) is 6.04 Å². The van der Waals surface area contributed by atoms with E-state index in [2.05, 4.69) is 6.72 Å². The third-order valence-corrected chi connectivity index (χ3v) is 2.18. The topological polar surface area (TPSA) is 20.1 Å². The van der Waals surface area contributed by atoms with Gasteiger partial charge in [-0.15, -0.1) is 0 Å². The summed E-state index contributed by atoms with van der Waals surface area (Å²) in [5, 5.41) is 0. The minimum atomic E-state index is 0.422. The van der Waals surface area contributed by atoms with E-state index in [1.165, 1.54) is 19.3 Å². The first kappa shape index (κ1) is 7.45. The summed E-state index contributed by atoms with van der Waals surface area (Å²) in [7, 11) is 0. The maximum Gasteiger partial charge on any atom is 0.374 e. The van der Waals surface area contributed by atoms with Crippen LogP contribution in [0.4, 0.5) is 0 Å².